The van der Waals surface area contributed by atoms with Crippen LogP contribution in [0.25, 0.3) is 10.9 Å². The second-order valence-electron chi connectivity index (χ2n) is 4.67. The lowest BCUT2D eigenvalue weighted by Crippen LogP contribution is -2.44. The van der Waals surface area contributed by atoms with E-state index in [1.54, 1.807) is 32.2 Å². The van der Waals surface area contributed by atoms with Crippen LogP contribution >= 0.6 is 0 Å². The zero-order valence-electron chi connectivity index (χ0n) is 10.7. The van der Waals surface area contributed by atoms with Crippen molar-refractivity contribution in [1.29, 1.82) is 0 Å². The van der Waals surface area contributed by atoms with Crippen molar-refractivity contribution in [3.63, 3.8) is 0 Å². The summed E-state index contributed by atoms with van der Waals surface area (Å²) < 4.78 is 0. The Morgan fingerprint density at radius 2 is 2.11 bits per heavy atom. The van der Waals surface area contributed by atoms with Crippen LogP contribution in [0, 0.1) is 5.92 Å². The highest BCUT2D eigenvalue weighted by Crippen LogP contribution is 2.16. The number of carboxylic acid groups (broad SMARTS) is 1. The molecule has 1 aromatic heterocycles. The topological polar surface area (TPSA) is 95.1 Å². The van der Waals surface area contributed by atoms with Crippen LogP contribution in [0.3, 0.4) is 0 Å². The average molecular weight is 261 g/mol. The molecular weight excluding hydrogens is 246 g/mol. The molecule has 6 nitrogen and oxygen atoms in total. The fourth-order valence-electron chi connectivity index (χ4n) is 1.89. The Morgan fingerprint density at radius 3 is 2.74 bits per heavy atom. The summed E-state index contributed by atoms with van der Waals surface area (Å²) in [5, 5.41) is 19.0. The third-order valence-electron chi connectivity index (χ3n) is 2.94. The summed E-state index contributed by atoms with van der Waals surface area (Å²) in [4.78, 5) is 23.2. The fourth-order valence-corrected chi connectivity index (χ4v) is 1.89. The molecule has 1 atom stereocenters. The zero-order chi connectivity index (χ0) is 14.0. The Kier molecular flexibility index (Phi) is 3.50. The van der Waals surface area contributed by atoms with Crippen molar-refractivity contribution in [1.82, 2.24) is 15.5 Å². The molecule has 0 saturated carbocycles. The van der Waals surface area contributed by atoms with Gasteiger partial charge in [-0.05, 0) is 12.0 Å². The number of nitrogens with zero attached hydrogens (tertiary/aromatic N) is 1. The highest BCUT2D eigenvalue weighted by molar-refractivity contribution is 6.06. The molecule has 2 rings (SSSR count). The molecule has 0 aliphatic heterocycles. The maximum Gasteiger partial charge on any atom is 0.326 e. The van der Waals surface area contributed by atoms with E-state index in [0.717, 1.165) is 5.39 Å². The lowest BCUT2D eigenvalue weighted by molar-refractivity contribution is -0.140. The van der Waals surface area contributed by atoms with E-state index in [2.05, 4.69) is 15.5 Å². The molecule has 100 valence electrons. The Bertz CT molecular complexity index is 618. The molecule has 0 aliphatic carbocycles. The van der Waals surface area contributed by atoms with Crippen molar-refractivity contribution >= 4 is 22.8 Å². The molecule has 0 fully saturated rings. The lowest BCUT2D eigenvalue weighted by atomic mass is 10.0. The standard InChI is InChI=1S/C13H15N3O3/c1-7(2)10(13(18)19)15-12(17)9-5-3-4-8-6-14-16-11(8)9/h3-7,10H,1-2H3,(H,14,16)(H,15,17)(H,18,19)/t10-/m1/s1. The quantitative estimate of drug-likeness (QED) is 0.775. The number of aromatic amines is 1. The Hall–Kier alpha value is -2.37. The summed E-state index contributed by atoms with van der Waals surface area (Å²) in [6, 6.07) is 4.28. The number of rotatable bonds is 4. The molecule has 0 spiro atoms. The summed E-state index contributed by atoms with van der Waals surface area (Å²) >= 11 is 0. The van der Waals surface area contributed by atoms with E-state index in [9.17, 15) is 9.59 Å². The number of benzene rings is 1. The Morgan fingerprint density at radius 1 is 1.37 bits per heavy atom. The number of carbonyl (C=O) groups excluding carboxylic acids is 1. The van der Waals surface area contributed by atoms with Crippen LogP contribution in [-0.2, 0) is 4.79 Å². The van der Waals surface area contributed by atoms with Gasteiger partial charge < -0.3 is 10.4 Å². The molecule has 1 aromatic carbocycles. The Balaban J connectivity index is 2.29. The van der Waals surface area contributed by atoms with Crippen molar-refractivity contribution in [3.05, 3.63) is 30.0 Å². The van der Waals surface area contributed by atoms with Gasteiger partial charge in [0.15, 0.2) is 0 Å². The molecule has 0 saturated heterocycles. The molecule has 0 bridgehead atoms. The van der Waals surface area contributed by atoms with Crippen LogP contribution in [0.15, 0.2) is 24.4 Å². The minimum atomic E-state index is -1.04. The number of aliphatic carboxylic acids is 1. The molecule has 19 heavy (non-hydrogen) atoms. The molecule has 1 amide bonds. The zero-order valence-corrected chi connectivity index (χ0v) is 10.7. The van der Waals surface area contributed by atoms with Gasteiger partial charge in [0.1, 0.15) is 6.04 Å². The van der Waals surface area contributed by atoms with Gasteiger partial charge in [-0.1, -0.05) is 26.0 Å². The number of nitrogens with one attached hydrogen (secondary N) is 2. The fraction of sp³-hybridized carbons (Fsp3) is 0.308. The first-order valence-electron chi connectivity index (χ1n) is 5.96. The van der Waals surface area contributed by atoms with E-state index in [0.29, 0.717) is 11.1 Å². The molecule has 0 unspecified atom stereocenters. The monoisotopic (exact) mass is 261 g/mol. The summed E-state index contributed by atoms with van der Waals surface area (Å²) in [6.45, 7) is 3.49. The van der Waals surface area contributed by atoms with E-state index in [-0.39, 0.29) is 5.92 Å². The van der Waals surface area contributed by atoms with Gasteiger partial charge in [-0.2, -0.15) is 5.10 Å². The van der Waals surface area contributed by atoms with Crippen molar-refractivity contribution in [2.75, 3.05) is 0 Å². The normalized spacial score (nSPS) is 12.6. The number of amides is 1. The highest BCUT2D eigenvalue weighted by Gasteiger charge is 2.24. The minimum Gasteiger partial charge on any atom is -0.480 e. The number of aromatic nitrogens is 2. The molecule has 0 aliphatic rings. The maximum absolute atomic E-state index is 12.2. The first-order chi connectivity index (χ1) is 9.00. The number of carbonyl (C=O) groups is 2. The second kappa shape index (κ2) is 5.09. The number of fused-ring (bicyclic) bond motifs is 1. The van der Waals surface area contributed by atoms with Crippen molar-refractivity contribution < 1.29 is 14.7 Å². The van der Waals surface area contributed by atoms with Crippen LogP contribution < -0.4 is 5.32 Å². The Labute approximate surface area is 109 Å². The predicted molar refractivity (Wildman–Crippen MR) is 69.8 cm³/mol. The molecule has 1 heterocycles. The van der Waals surface area contributed by atoms with Gasteiger partial charge in [-0.25, -0.2) is 4.79 Å². The van der Waals surface area contributed by atoms with E-state index in [1.165, 1.54) is 0 Å². The number of hydrogen-bond donors (Lipinski definition) is 3. The first kappa shape index (κ1) is 13.1. The first-order valence-corrected chi connectivity index (χ1v) is 5.96. The summed E-state index contributed by atoms with van der Waals surface area (Å²) in [7, 11) is 0. The van der Waals surface area contributed by atoms with E-state index in [1.807, 2.05) is 6.07 Å². The minimum absolute atomic E-state index is 0.192. The van der Waals surface area contributed by atoms with Gasteiger partial charge in [0, 0.05) is 5.39 Å². The van der Waals surface area contributed by atoms with Crippen molar-refractivity contribution in [2.45, 2.75) is 19.9 Å². The summed E-state index contributed by atoms with van der Waals surface area (Å²) in [5.74, 6) is -1.65. The summed E-state index contributed by atoms with van der Waals surface area (Å²) in [5.41, 5.74) is 0.995. The van der Waals surface area contributed by atoms with E-state index < -0.39 is 17.9 Å². The van der Waals surface area contributed by atoms with Gasteiger partial charge >= 0.3 is 5.97 Å². The van der Waals surface area contributed by atoms with E-state index >= 15 is 0 Å². The highest BCUT2D eigenvalue weighted by atomic mass is 16.4. The molecule has 2 aromatic rings. The molecular formula is C13H15N3O3. The van der Waals surface area contributed by atoms with Crippen LogP contribution in [0.5, 0.6) is 0 Å². The van der Waals surface area contributed by atoms with Crippen LogP contribution in [0.2, 0.25) is 0 Å². The second-order valence-corrected chi connectivity index (χ2v) is 4.67. The van der Waals surface area contributed by atoms with Crippen molar-refractivity contribution in [3.8, 4) is 0 Å². The van der Waals surface area contributed by atoms with Gasteiger partial charge in [-0.15, -0.1) is 0 Å². The van der Waals surface area contributed by atoms with Gasteiger partial charge in [0.25, 0.3) is 5.91 Å². The van der Waals surface area contributed by atoms with Crippen LogP contribution in [-0.4, -0.2) is 33.2 Å². The van der Waals surface area contributed by atoms with Gasteiger partial charge in [0.2, 0.25) is 0 Å². The predicted octanol–water partition coefficient (Wildman–Crippen LogP) is 1.40. The van der Waals surface area contributed by atoms with Crippen LogP contribution in [0.1, 0.15) is 24.2 Å². The third-order valence-corrected chi connectivity index (χ3v) is 2.94. The molecule has 3 N–H and O–H groups in total. The average Bonchev–Trinajstić information content (AvgIpc) is 2.82. The molecule has 6 heteroatoms. The lowest BCUT2D eigenvalue weighted by Gasteiger charge is -2.18. The van der Waals surface area contributed by atoms with Gasteiger partial charge in [-0.3, -0.25) is 9.89 Å². The smallest absolute Gasteiger partial charge is 0.326 e. The molecule has 0 radical (unpaired) electrons. The summed E-state index contributed by atoms with van der Waals surface area (Å²) in [6.07, 6.45) is 1.61. The number of para-hydroxylation sites is 1. The van der Waals surface area contributed by atoms with Crippen molar-refractivity contribution in [2.24, 2.45) is 5.92 Å². The SMILES string of the molecule is CC(C)[C@@H](NC(=O)c1cccc2cn[nH]c12)C(=O)O. The maximum atomic E-state index is 12.2. The van der Waals surface area contributed by atoms with E-state index in [4.69, 9.17) is 5.11 Å². The van der Waals surface area contributed by atoms with Crippen LogP contribution in [0.4, 0.5) is 0 Å². The number of carboxylic acids is 1. The number of H-pyrrole nitrogens is 1. The number of hydrogen-bond acceptors (Lipinski definition) is 3. The largest absolute Gasteiger partial charge is 0.480 e. The third kappa shape index (κ3) is 2.57. The van der Waals surface area contributed by atoms with Gasteiger partial charge in [0.05, 0.1) is 17.3 Å².